The highest BCUT2D eigenvalue weighted by Gasteiger charge is 2.13. The lowest BCUT2D eigenvalue weighted by Gasteiger charge is -2.13. The molecule has 0 amide bonds. The molecule has 0 aliphatic heterocycles. The first kappa shape index (κ1) is 15.4. The SMILES string of the molecule is CCCc1nc(CC(C)OC)nc(NCC)c1Br. The summed E-state index contributed by atoms with van der Waals surface area (Å²) >= 11 is 3.58. The smallest absolute Gasteiger partial charge is 0.144 e. The van der Waals surface area contributed by atoms with Crippen LogP contribution in [0.4, 0.5) is 5.82 Å². The molecular formula is C13H22BrN3O. The van der Waals surface area contributed by atoms with Crippen LogP contribution in [-0.4, -0.2) is 29.7 Å². The van der Waals surface area contributed by atoms with Crippen molar-refractivity contribution in [3.8, 4) is 0 Å². The summed E-state index contributed by atoms with van der Waals surface area (Å²) in [6, 6.07) is 0. The van der Waals surface area contributed by atoms with Gasteiger partial charge >= 0.3 is 0 Å². The van der Waals surface area contributed by atoms with E-state index in [-0.39, 0.29) is 6.10 Å². The molecule has 0 aromatic carbocycles. The van der Waals surface area contributed by atoms with Gasteiger partial charge in [-0.15, -0.1) is 0 Å². The van der Waals surface area contributed by atoms with Crippen LogP contribution in [0.1, 0.15) is 38.7 Å². The maximum Gasteiger partial charge on any atom is 0.144 e. The predicted octanol–water partition coefficient (Wildman–Crippen LogP) is 3.20. The van der Waals surface area contributed by atoms with Crippen molar-refractivity contribution in [1.82, 2.24) is 9.97 Å². The van der Waals surface area contributed by atoms with E-state index in [1.165, 1.54) is 0 Å². The molecular weight excluding hydrogens is 294 g/mol. The van der Waals surface area contributed by atoms with Crippen LogP contribution in [0.15, 0.2) is 4.47 Å². The molecule has 18 heavy (non-hydrogen) atoms. The Bertz CT molecular complexity index is 357. The van der Waals surface area contributed by atoms with E-state index in [2.05, 4.69) is 45.1 Å². The molecule has 1 unspecified atom stereocenters. The highest BCUT2D eigenvalue weighted by atomic mass is 79.9. The number of anilines is 1. The van der Waals surface area contributed by atoms with E-state index in [1.54, 1.807) is 7.11 Å². The minimum absolute atomic E-state index is 0.134. The van der Waals surface area contributed by atoms with Gasteiger partial charge in [0.1, 0.15) is 11.6 Å². The Morgan fingerprint density at radius 3 is 2.61 bits per heavy atom. The molecule has 1 aromatic heterocycles. The molecule has 0 saturated heterocycles. The minimum Gasteiger partial charge on any atom is -0.381 e. The molecule has 0 radical (unpaired) electrons. The number of hydrogen-bond donors (Lipinski definition) is 1. The van der Waals surface area contributed by atoms with E-state index in [9.17, 15) is 0 Å². The highest BCUT2D eigenvalue weighted by molar-refractivity contribution is 9.10. The molecule has 0 fully saturated rings. The van der Waals surface area contributed by atoms with Crippen molar-refractivity contribution < 1.29 is 4.74 Å². The Balaban J connectivity index is 3.03. The second-order valence-electron chi connectivity index (χ2n) is 4.28. The molecule has 1 rings (SSSR count). The van der Waals surface area contributed by atoms with Gasteiger partial charge in [-0.1, -0.05) is 13.3 Å². The summed E-state index contributed by atoms with van der Waals surface area (Å²) < 4.78 is 6.26. The monoisotopic (exact) mass is 315 g/mol. The molecule has 0 aliphatic rings. The second kappa shape index (κ2) is 7.69. The molecule has 1 aromatic rings. The quantitative estimate of drug-likeness (QED) is 0.839. The van der Waals surface area contributed by atoms with E-state index in [0.29, 0.717) is 0 Å². The summed E-state index contributed by atoms with van der Waals surface area (Å²) in [6.07, 6.45) is 2.89. The number of methoxy groups -OCH3 is 1. The van der Waals surface area contributed by atoms with Gasteiger partial charge in [0.15, 0.2) is 0 Å². The Hall–Kier alpha value is -0.680. The first-order chi connectivity index (χ1) is 8.62. The van der Waals surface area contributed by atoms with Crippen LogP contribution in [-0.2, 0) is 17.6 Å². The Morgan fingerprint density at radius 1 is 1.33 bits per heavy atom. The summed E-state index contributed by atoms with van der Waals surface area (Å²) in [4.78, 5) is 9.16. The molecule has 4 nitrogen and oxygen atoms in total. The van der Waals surface area contributed by atoms with Crippen LogP contribution in [0, 0.1) is 0 Å². The second-order valence-corrected chi connectivity index (χ2v) is 5.07. The van der Waals surface area contributed by atoms with Crippen molar-refractivity contribution in [2.45, 2.75) is 46.1 Å². The van der Waals surface area contributed by atoms with Gasteiger partial charge in [0.05, 0.1) is 16.3 Å². The van der Waals surface area contributed by atoms with Crippen LogP contribution in [0.25, 0.3) is 0 Å². The van der Waals surface area contributed by atoms with E-state index in [1.807, 2.05) is 6.92 Å². The van der Waals surface area contributed by atoms with Crippen LogP contribution in [0.2, 0.25) is 0 Å². The molecule has 102 valence electrons. The topological polar surface area (TPSA) is 47.0 Å². The minimum atomic E-state index is 0.134. The largest absolute Gasteiger partial charge is 0.381 e. The van der Waals surface area contributed by atoms with Gasteiger partial charge < -0.3 is 10.1 Å². The third-order valence-corrected chi connectivity index (χ3v) is 3.50. The molecule has 1 atom stereocenters. The molecule has 1 heterocycles. The van der Waals surface area contributed by atoms with Gasteiger partial charge in [-0.25, -0.2) is 9.97 Å². The molecule has 5 heteroatoms. The first-order valence-corrected chi connectivity index (χ1v) is 7.23. The first-order valence-electron chi connectivity index (χ1n) is 6.44. The number of halogens is 1. The standard InChI is InChI=1S/C13H22BrN3O/c1-5-7-10-12(14)13(15-6-2)17-11(16-10)8-9(3)18-4/h9H,5-8H2,1-4H3,(H,15,16,17). The number of nitrogens with zero attached hydrogens (tertiary/aromatic N) is 2. The Labute approximate surface area is 118 Å². The van der Waals surface area contributed by atoms with Gasteiger partial charge in [-0.3, -0.25) is 0 Å². The maximum absolute atomic E-state index is 5.27. The van der Waals surface area contributed by atoms with Crippen LogP contribution < -0.4 is 5.32 Å². The summed E-state index contributed by atoms with van der Waals surface area (Å²) in [5.41, 5.74) is 1.07. The lowest BCUT2D eigenvalue weighted by molar-refractivity contribution is 0.117. The predicted molar refractivity (Wildman–Crippen MR) is 78.1 cm³/mol. The average Bonchev–Trinajstić information content (AvgIpc) is 2.35. The molecule has 0 bridgehead atoms. The van der Waals surface area contributed by atoms with Gasteiger partial charge in [0.2, 0.25) is 0 Å². The van der Waals surface area contributed by atoms with Crippen molar-refractivity contribution in [1.29, 1.82) is 0 Å². The highest BCUT2D eigenvalue weighted by Crippen LogP contribution is 2.25. The van der Waals surface area contributed by atoms with Crippen molar-refractivity contribution >= 4 is 21.7 Å². The Morgan fingerprint density at radius 2 is 2.06 bits per heavy atom. The average molecular weight is 316 g/mol. The zero-order chi connectivity index (χ0) is 13.5. The molecule has 0 saturated carbocycles. The van der Waals surface area contributed by atoms with Crippen LogP contribution >= 0.6 is 15.9 Å². The van der Waals surface area contributed by atoms with Gasteiger partial charge in [-0.2, -0.15) is 0 Å². The van der Waals surface area contributed by atoms with Crippen molar-refractivity contribution in [3.63, 3.8) is 0 Å². The van der Waals surface area contributed by atoms with Gasteiger partial charge in [0, 0.05) is 20.1 Å². The Kier molecular flexibility index (Phi) is 6.57. The number of hydrogen-bond acceptors (Lipinski definition) is 4. The van der Waals surface area contributed by atoms with E-state index in [0.717, 1.165) is 47.6 Å². The van der Waals surface area contributed by atoms with Crippen molar-refractivity contribution in [2.24, 2.45) is 0 Å². The number of aromatic nitrogens is 2. The summed E-state index contributed by atoms with van der Waals surface area (Å²) in [6.45, 7) is 7.09. The van der Waals surface area contributed by atoms with E-state index in [4.69, 9.17) is 4.74 Å². The number of ether oxygens (including phenoxy) is 1. The lowest BCUT2D eigenvalue weighted by Crippen LogP contribution is -2.14. The zero-order valence-electron chi connectivity index (χ0n) is 11.6. The van der Waals surface area contributed by atoms with Crippen LogP contribution in [0.5, 0.6) is 0 Å². The van der Waals surface area contributed by atoms with Crippen LogP contribution in [0.3, 0.4) is 0 Å². The van der Waals surface area contributed by atoms with Crippen molar-refractivity contribution in [3.05, 3.63) is 16.0 Å². The fraction of sp³-hybridized carbons (Fsp3) is 0.692. The van der Waals surface area contributed by atoms with E-state index < -0.39 is 0 Å². The number of nitrogens with one attached hydrogen (secondary N) is 1. The maximum atomic E-state index is 5.27. The molecule has 0 aliphatic carbocycles. The zero-order valence-corrected chi connectivity index (χ0v) is 13.2. The van der Waals surface area contributed by atoms with E-state index >= 15 is 0 Å². The fourth-order valence-corrected chi connectivity index (χ4v) is 2.18. The molecule has 0 spiro atoms. The molecule has 1 N–H and O–H groups in total. The van der Waals surface area contributed by atoms with Crippen molar-refractivity contribution in [2.75, 3.05) is 19.0 Å². The third kappa shape index (κ3) is 4.21. The summed E-state index contributed by atoms with van der Waals surface area (Å²) in [5.74, 6) is 1.72. The van der Waals surface area contributed by atoms with Gasteiger partial charge in [0.25, 0.3) is 0 Å². The fourth-order valence-electron chi connectivity index (χ4n) is 1.66. The number of aryl methyl sites for hydroxylation is 1. The third-order valence-electron chi connectivity index (χ3n) is 2.67. The summed E-state index contributed by atoms with van der Waals surface area (Å²) in [7, 11) is 1.71. The lowest BCUT2D eigenvalue weighted by atomic mass is 10.2. The normalized spacial score (nSPS) is 12.5. The summed E-state index contributed by atoms with van der Waals surface area (Å²) in [5, 5.41) is 3.27. The van der Waals surface area contributed by atoms with Gasteiger partial charge in [-0.05, 0) is 36.2 Å². The number of rotatable bonds is 7.